The van der Waals surface area contributed by atoms with Gasteiger partial charge in [0.05, 0.1) is 0 Å². The molecule has 1 N–H and O–H groups in total. The summed E-state index contributed by atoms with van der Waals surface area (Å²) in [5.74, 6) is 0. The Bertz CT molecular complexity index is 359. The highest BCUT2D eigenvalue weighted by Gasteiger charge is 2.41. The molecular formula is C8H10ClF3N2S. The summed E-state index contributed by atoms with van der Waals surface area (Å²) in [5, 5.41) is 5.22. The summed E-state index contributed by atoms with van der Waals surface area (Å²) in [6.45, 7) is 3.34. The van der Waals surface area contributed by atoms with Gasteiger partial charge in [0.1, 0.15) is 5.69 Å². The van der Waals surface area contributed by atoms with Crippen molar-refractivity contribution in [3.8, 4) is 0 Å². The van der Waals surface area contributed by atoms with Crippen LogP contribution >= 0.6 is 23.4 Å². The highest BCUT2D eigenvalue weighted by Crippen LogP contribution is 2.43. The van der Waals surface area contributed by atoms with Crippen molar-refractivity contribution >= 4 is 23.4 Å². The number of hydrogen-bond donors (Lipinski definition) is 1. The molecule has 2 nitrogen and oxygen atoms in total. The standard InChI is InChI=1S/C8H10ClF3N2S/c1-7(2,15-3)4-5(8(10,11)12)13-14-6(4)9/h1-3H3,(H,13,14). The lowest BCUT2D eigenvalue weighted by Gasteiger charge is -2.23. The second-order valence-corrected chi connectivity index (χ2v) is 5.26. The van der Waals surface area contributed by atoms with Crippen molar-refractivity contribution in [2.24, 2.45) is 0 Å². The molecule has 0 fully saturated rings. The van der Waals surface area contributed by atoms with E-state index >= 15 is 0 Å². The molecule has 0 spiro atoms. The summed E-state index contributed by atoms with van der Waals surface area (Å²) in [6, 6.07) is 0. The average molecular weight is 259 g/mol. The number of hydrogen-bond acceptors (Lipinski definition) is 2. The van der Waals surface area contributed by atoms with Crippen LogP contribution in [0, 0.1) is 0 Å². The molecule has 1 aromatic rings. The van der Waals surface area contributed by atoms with Gasteiger partial charge in [0.15, 0.2) is 5.15 Å². The number of H-pyrrole nitrogens is 1. The minimum absolute atomic E-state index is 0.00386. The first-order chi connectivity index (χ1) is 6.70. The van der Waals surface area contributed by atoms with Gasteiger partial charge >= 0.3 is 6.18 Å². The van der Waals surface area contributed by atoms with Crippen LogP contribution in [0.4, 0.5) is 13.2 Å². The number of aromatic nitrogens is 2. The summed E-state index contributed by atoms with van der Waals surface area (Å²) in [6.07, 6.45) is -2.73. The molecule has 1 rings (SSSR count). The summed E-state index contributed by atoms with van der Waals surface area (Å²) in [5.41, 5.74) is -0.865. The molecule has 0 saturated carbocycles. The van der Waals surface area contributed by atoms with Gasteiger partial charge in [0, 0.05) is 10.3 Å². The van der Waals surface area contributed by atoms with Crippen LogP contribution in [0.15, 0.2) is 0 Å². The zero-order valence-corrected chi connectivity index (χ0v) is 9.94. The fourth-order valence-corrected chi connectivity index (χ4v) is 2.01. The Kier molecular flexibility index (Phi) is 3.30. The highest BCUT2D eigenvalue weighted by atomic mass is 35.5. The molecular weight excluding hydrogens is 249 g/mol. The Hall–Kier alpha value is -0.360. The molecule has 0 unspecified atom stereocenters. The number of thioether (sulfide) groups is 1. The molecule has 0 amide bonds. The Morgan fingerprint density at radius 1 is 1.33 bits per heavy atom. The average Bonchev–Trinajstić information content (AvgIpc) is 2.47. The zero-order chi connectivity index (χ0) is 11.9. The number of alkyl halides is 3. The fraction of sp³-hybridized carbons (Fsp3) is 0.625. The van der Waals surface area contributed by atoms with Gasteiger partial charge in [-0.05, 0) is 20.1 Å². The SMILES string of the molecule is CSC(C)(C)c1c(Cl)n[nH]c1C(F)(F)F. The van der Waals surface area contributed by atoms with E-state index in [1.165, 1.54) is 11.8 Å². The molecule has 86 valence electrons. The van der Waals surface area contributed by atoms with Crippen molar-refractivity contribution in [2.45, 2.75) is 24.8 Å². The Morgan fingerprint density at radius 3 is 2.27 bits per heavy atom. The van der Waals surface area contributed by atoms with Crippen molar-refractivity contribution in [3.63, 3.8) is 0 Å². The molecule has 0 atom stereocenters. The van der Waals surface area contributed by atoms with E-state index < -0.39 is 16.6 Å². The quantitative estimate of drug-likeness (QED) is 0.877. The Labute approximate surface area is 94.6 Å². The maximum atomic E-state index is 12.6. The number of halogens is 4. The van der Waals surface area contributed by atoms with Crippen molar-refractivity contribution in [1.29, 1.82) is 0 Å². The topological polar surface area (TPSA) is 28.7 Å². The van der Waals surface area contributed by atoms with Crippen LogP contribution in [0.25, 0.3) is 0 Å². The predicted octanol–water partition coefficient (Wildman–Crippen LogP) is 3.68. The molecule has 1 aromatic heterocycles. The monoisotopic (exact) mass is 258 g/mol. The van der Waals surface area contributed by atoms with Crippen molar-refractivity contribution in [1.82, 2.24) is 10.2 Å². The lowest BCUT2D eigenvalue weighted by Crippen LogP contribution is -2.18. The maximum Gasteiger partial charge on any atom is 0.433 e. The van der Waals surface area contributed by atoms with Crippen LogP contribution in [-0.4, -0.2) is 16.5 Å². The second kappa shape index (κ2) is 3.90. The molecule has 0 saturated heterocycles. The minimum Gasteiger partial charge on any atom is -0.272 e. The summed E-state index contributed by atoms with van der Waals surface area (Å²) in [4.78, 5) is 0. The van der Waals surface area contributed by atoms with E-state index in [4.69, 9.17) is 11.6 Å². The normalized spacial score (nSPS) is 13.3. The van der Waals surface area contributed by atoms with E-state index in [-0.39, 0.29) is 10.7 Å². The van der Waals surface area contributed by atoms with Gasteiger partial charge in [0.25, 0.3) is 0 Å². The lowest BCUT2D eigenvalue weighted by atomic mass is 10.0. The van der Waals surface area contributed by atoms with Crippen LogP contribution in [-0.2, 0) is 10.9 Å². The molecule has 0 bridgehead atoms. The van der Waals surface area contributed by atoms with Crippen LogP contribution < -0.4 is 0 Å². The maximum absolute atomic E-state index is 12.6. The molecule has 0 aliphatic carbocycles. The summed E-state index contributed by atoms with van der Waals surface area (Å²) >= 11 is 6.94. The van der Waals surface area contributed by atoms with E-state index in [1.807, 2.05) is 5.10 Å². The van der Waals surface area contributed by atoms with Gasteiger partial charge in [-0.1, -0.05) is 11.6 Å². The van der Waals surface area contributed by atoms with E-state index in [0.29, 0.717) is 0 Å². The lowest BCUT2D eigenvalue weighted by molar-refractivity contribution is -0.142. The predicted molar refractivity (Wildman–Crippen MR) is 55.1 cm³/mol. The van der Waals surface area contributed by atoms with Crippen molar-refractivity contribution < 1.29 is 13.2 Å². The number of nitrogens with one attached hydrogen (secondary N) is 1. The van der Waals surface area contributed by atoms with Crippen LogP contribution in [0.2, 0.25) is 5.15 Å². The summed E-state index contributed by atoms with van der Waals surface area (Å²) in [7, 11) is 0. The number of nitrogens with zero attached hydrogens (tertiary/aromatic N) is 1. The van der Waals surface area contributed by atoms with E-state index in [9.17, 15) is 13.2 Å². The first-order valence-electron chi connectivity index (χ1n) is 4.07. The van der Waals surface area contributed by atoms with Crippen LogP contribution in [0.5, 0.6) is 0 Å². The van der Waals surface area contributed by atoms with Gasteiger partial charge in [-0.25, -0.2) is 0 Å². The van der Waals surface area contributed by atoms with Gasteiger partial charge in [0.2, 0.25) is 0 Å². The molecule has 0 radical (unpaired) electrons. The van der Waals surface area contributed by atoms with Crippen molar-refractivity contribution in [3.05, 3.63) is 16.4 Å². The van der Waals surface area contributed by atoms with Gasteiger partial charge in [-0.2, -0.15) is 30.0 Å². The minimum atomic E-state index is -4.46. The fourth-order valence-electron chi connectivity index (χ4n) is 1.18. The first-order valence-corrected chi connectivity index (χ1v) is 5.67. The Morgan fingerprint density at radius 2 is 1.87 bits per heavy atom. The molecule has 7 heteroatoms. The smallest absolute Gasteiger partial charge is 0.272 e. The molecule has 0 aliphatic rings. The van der Waals surface area contributed by atoms with E-state index in [1.54, 1.807) is 20.1 Å². The Balaban J connectivity index is 3.34. The third-order valence-corrected chi connectivity index (χ3v) is 3.62. The third kappa shape index (κ3) is 2.42. The molecule has 1 heterocycles. The van der Waals surface area contributed by atoms with Gasteiger partial charge in [-0.15, -0.1) is 0 Å². The second-order valence-electron chi connectivity index (χ2n) is 3.48. The van der Waals surface area contributed by atoms with Crippen molar-refractivity contribution in [2.75, 3.05) is 6.26 Å². The van der Waals surface area contributed by atoms with E-state index in [2.05, 4.69) is 5.10 Å². The third-order valence-electron chi connectivity index (χ3n) is 2.12. The number of aromatic amines is 1. The zero-order valence-electron chi connectivity index (χ0n) is 8.37. The van der Waals surface area contributed by atoms with Gasteiger partial charge in [-0.3, -0.25) is 5.10 Å². The summed E-state index contributed by atoms with van der Waals surface area (Å²) < 4.78 is 37.0. The molecule has 15 heavy (non-hydrogen) atoms. The molecule has 0 aromatic carbocycles. The molecule has 0 aliphatic heterocycles. The van der Waals surface area contributed by atoms with Crippen LogP contribution in [0.3, 0.4) is 0 Å². The van der Waals surface area contributed by atoms with E-state index in [0.717, 1.165) is 0 Å². The highest BCUT2D eigenvalue weighted by molar-refractivity contribution is 7.99. The number of rotatable bonds is 2. The first kappa shape index (κ1) is 12.7. The van der Waals surface area contributed by atoms with Crippen LogP contribution in [0.1, 0.15) is 25.1 Å². The van der Waals surface area contributed by atoms with Gasteiger partial charge < -0.3 is 0 Å². The largest absolute Gasteiger partial charge is 0.433 e.